The van der Waals surface area contributed by atoms with Gasteiger partial charge in [-0.2, -0.15) is 0 Å². The molecule has 3 heterocycles. The number of hydrogen-bond acceptors (Lipinski definition) is 4. The molecule has 1 saturated carbocycles. The Morgan fingerprint density at radius 1 is 1.08 bits per heavy atom. The van der Waals surface area contributed by atoms with Gasteiger partial charge in [0.05, 0.1) is 12.1 Å². The van der Waals surface area contributed by atoms with Crippen LogP contribution in [0.1, 0.15) is 100 Å². The first-order valence-corrected chi connectivity index (χ1v) is 14.2. The average Bonchev–Trinajstić information content (AvgIpc) is 3.43. The fourth-order valence-electron chi connectivity index (χ4n) is 6.89. The van der Waals surface area contributed by atoms with E-state index in [1.54, 1.807) is 0 Å². The van der Waals surface area contributed by atoms with Gasteiger partial charge >= 0.3 is 0 Å². The van der Waals surface area contributed by atoms with Crippen molar-refractivity contribution in [3.05, 3.63) is 47.5 Å². The molecule has 9 heteroatoms. The first-order chi connectivity index (χ1) is 18.1. The largest absolute Gasteiger partial charge is 0.349 e. The zero-order valence-electron chi connectivity index (χ0n) is 22.6. The van der Waals surface area contributed by atoms with Crippen LogP contribution in [0, 0.1) is 12.8 Å². The van der Waals surface area contributed by atoms with Gasteiger partial charge in [0.2, 0.25) is 11.8 Å². The topological polar surface area (TPSA) is 63.1 Å². The smallest absolute Gasteiger partial charge is 0.248 e. The molecular formula is C29H40F3N5O. The zero-order valence-corrected chi connectivity index (χ0v) is 22.6. The van der Waals surface area contributed by atoms with Crippen molar-refractivity contribution in [2.45, 2.75) is 114 Å². The zero-order chi connectivity index (χ0) is 27.0. The summed E-state index contributed by atoms with van der Waals surface area (Å²) in [5.41, 5.74) is 0.989. The first kappa shape index (κ1) is 27.2. The highest BCUT2D eigenvalue weighted by Gasteiger charge is 2.49. The van der Waals surface area contributed by atoms with Crippen LogP contribution in [0.4, 0.5) is 13.2 Å². The third kappa shape index (κ3) is 5.49. The maximum atomic E-state index is 16.1. The monoisotopic (exact) mass is 531 g/mol. The van der Waals surface area contributed by atoms with E-state index in [0.717, 1.165) is 36.5 Å². The van der Waals surface area contributed by atoms with E-state index in [2.05, 4.69) is 34.3 Å². The van der Waals surface area contributed by atoms with Gasteiger partial charge in [0.25, 0.3) is 0 Å². The Morgan fingerprint density at radius 3 is 2.47 bits per heavy atom. The van der Waals surface area contributed by atoms with Gasteiger partial charge in [0.15, 0.2) is 0 Å². The number of hydrogen-bond donors (Lipinski definition) is 1. The Bertz CT molecular complexity index is 1100. The molecule has 2 bridgehead atoms. The molecule has 208 valence electrons. The molecule has 1 aromatic carbocycles. The van der Waals surface area contributed by atoms with Gasteiger partial charge in [-0.25, -0.2) is 13.2 Å². The highest BCUT2D eigenvalue weighted by molar-refractivity contribution is 5.79. The summed E-state index contributed by atoms with van der Waals surface area (Å²) in [7, 11) is 0. The van der Waals surface area contributed by atoms with Crippen molar-refractivity contribution in [1.82, 2.24) is 25.0 Å². The lowest BCUT2D eigenvalue weighted by Crippen LogP contribution is -2.51. The van der Waals surface area contributed by atoms with Crippen LogP contribution in [0.15, 0.2) is 30.3 Å². The van der Waals surface area contributed by atoms with Gasteiger partial charge in [0.1, 0.15) is 17.8 Å². The highest BCUT2D eigenvalue weighted by atomic mass is 19.3. The predicted molar refractivity (Wildman–Crippen MR) is 140 cm³/mol. The fraction of sp³-hybridized carbons (Fsp3) is 0.690. The third-order valence-corrected chi connectivity index (χ3v) is 8.96. The number of aromatic nitrogens is 3. The second-order valence-electron chi connectivity index (χ2n) is 11.8. The summed E-state index contributed by atoms with van der Waals surface area (Å²) in [6, 6.07) is 9.39. The standard InChI is InChI=1S/C29H40F3N5O/c1-18(2)27-35-34-19(3)37(27)25-17-22-9-10-24(26(25)30)36(22)16-13-23(20-7-5-4-6-8-20)33-28(38)21-11-14-29(31,32)15-12-21/h4-8,18,21-26H,9-17H2,1-3H3,(H,33,38)/t22-,23+,24+,25-,26?/m1/s1. The molecule has 3 aliphatic rings. The van der Waals surface area contributed by atoms with Crippen molar-refractivity contribution in [3.8, 4) is 0 Å². The van der Waals surface area contributed by atoms with Gasteiger partial charge in [-0.1, -0.05) is 44.2 Å². The number of alkyl halides is 3. The number of nitrogens with zero attached hydrogens (tertiary/aromatic N) is 4. The molecule has 38 heavy (non-hydrogen) atoms. The Hall–Kier alpha value is -2.42. The Balaban J connectivity index is 1.27. The van der Waals surface area contributed by atoms with E-state index in [1.165, 1.54) is 0 Å². The quantitative estimate of drug-likeness (QED) is 0.461. The van der Waals surface area contributed by atoms with Crippen LogP contribution in [0.2, 0.25) is 0 Å². The summed E-state index contributed by atoms with van der Waals surface area (Å²) >= 11 is 0. The number of halogens is 3. The lowest BCUT2D eigenvalue weighted by Gasteiger charge is -2.43. The van der Waals surface area contributed by atoms with Gasteiger partial charge in [0, 0.05) is 43.3 Å². The summed E-state index contributed by atoms with van der Waals surface area (Å²) in [5, 5.41) is 11.8. The molecule has 1 aromatic heterocycles. The third-order valence-electron chi connectivity index (χ3n) is 8.96. The molecule has 1 aliphatic carbocycles. The molecule has 5 rings (SSSR count). The van der Waals surface area contributed by atoms with Crippen LogP contribution in [0.3, 0.4) is 0 Å². The van der Waals surface area contributed by atoms with Crippen LogP contribution in [-0.2, 0) is 4.79 Å². The number of aryl methyl sites for hydroxylation is 1. The number of carbonyl (C=O) groups excluding carboxylic acids is 1. The number of benzene rings is 1. The minimum Gasteiger partial charge on any atom is -0.349 e. The minimum atomic E-state index is -2.66. The maximum absolute atomic E-state index is 16.1. The van der Waals surface area contributed by atoms with Gasteiger partial charge < -0.3 is 9.88 Å². The van der Waals surface area contributed by atoms with E-state index < -0.39 is 12.1 Å². The van der Waals surface area contributed by atoms with Crippen LogP contribution in [0.5, 0.6) is 0 Å². The second-order valence-corrected chi connectivity index (χ2v) is 11.8. The molecule has 6 nitrogen and oxygen atoms in total. The number of rotatable bonds is 8. The van der Waals surface area contributed by atoms with Crippen molar-refractivity contribution in [2.75, 3.05) is 6.54 Å². The van der Waals surface area contributed by atoms with Crippen LogP contribution < -0.4 is 5.32 Å². The molecule has 5 atom stereocenters. The summed E-state index contributed by atoms with van der Waals surface area (Å²) in [5.74, 6) is -1.42. The Labute approximate surface area is 223 Å². The normalized spacial score (nSPS) is 28.5. The molecule has 0 radical (unpaired) electrons. The van der Waals surface area contributed by atoms with E-state index in [1.807, 2.05) is 41.8 Å². The van der Waals surface area contributed by atoms with Gasteiger partial charge in [-0.05, 0) is 51.0 Å². The summed E-state index contributed by atoms with van der Waals surface area (Å²) in [4.78, 5) is 15.4. The maximum Gasteiger partial charge on any atom is 0.248 e. The molecule has 2 saturated heterocycles. The van der Waals surface area contributed by atoms with E-state index in [9.17, 15) is 13.6 Å². The number of amides is 1. The van der Waals surface area contributed by atoms with Crippen LogP contribution >= 0.6 is 0 Å². The SMILES string of the molecule is Cc1nnc(C(C)C)n1[C@@H]1C[C@H]2CC[C@@H](C1F)N2CC[C@H](NC(=O)C1CCC(F)(F)CC1)c1ccccc1. The number of nitrogens with one attached hydrogen (secondary N) is 1. The lowest BCUT2D eigenvalue weighted by molar-refractivity contribution is -0.130. The van der Waals surface area contributed by atoms with Crippen molar-refractivity contribution in [3.63, 3.8) is 0 Å². The van der Waals surface area contributed by atoms with Crippen LogP contribution in [0.25, 0.3) is 0 Å². The average molecular weight is 532 g/mol. The Kier molecular flexibility index (Phi) is 7.85. The van der Waals surface area contributed by atoms with Gasteiger partial charge in [-0.15, -0.1) is 10.2 Å². The number of fused-ring (bicyclic) bond motifs is 2. The summed E-state index contributed by atoms with van der Waals surface area (Å²) < 4.78 is 45.4. The van der Waals surface area contributed by atoms with E-state index >= 15 is 4.39 Å². The van der Waals surface area contributed by atoms with Crippen molar-refractivity contribution < 1.29 is 18.0 Å². The van der Waals surface area contributed by atoms with Crippen molar-refractivity contribution in [1.29, 1.82) is 0 Å². The molecule has 3 fully saturated rings. The molecule has 1 amide bonds. The van der Waals surface area contributed by atoms with Crippen LogP contribution in [-0.4, -0.2) is 56.3 Å². The molecular weight excluding hydrogens is 491 g/mol. The molecule has 0 spiro atoms. The molecule has 1 N–H and O–H groups in total. The van der Waals surface area contributed by atoms with E-state index in [0.29, 0.717) is 13.0 Å². The van der Waals surface area contributed by atoms with Gasteiger partial charge in [-0.3, -0.25) is 9.69 Å². The highest BCUT2D eigenvalue weighted by Crippen LogP contribution is 2.44. The number of carbonyl (C=O) groups is 1. The van der Waals surface area contributed by atoms with Crippen molar-refractivity contribution in [2.24, 2.45) is 5.92 Å². The summed E-state index contributed by atoms with van der Waals surface area (Å²) in [6.07, 6.45) is 2.07. The molecule has 2 aliphatic heterocycles. The minimum absolute atomic E-state index is 0.149. The predicted octanol–water partition coefficient (Wildman–Crippen LogP) is 5.90. The lowest BCUT2D eigenvalue weighted by atomic mass is 9.86. The molecule has 1 unspecified atom stereocenters. The second kappa shape index (κ2) is 11.0. The van der Waals surface area contributed by atoms with Crippen molar-refractivity contribution >= 4 is 5.91 Å². The first-order valence-electron chi connectivity index (χ1n) is 14.2. The van der Waals surface area contributed by atoms with E-state index in [-0.39, 0.29) is 67.6 Å². The number of piperidine rings is 1. The fourth-order valence-corrected chi connectivity index (χ4v) is 6.89. The Morgan fingerprint density at radius 2 is 1.79 bits per heavy atom. The van der Waals surface area contributed by atoms with E-state index in [4.69, 9.17) is 0 Å². The molecule has 2 aromatic rings. The summed E-state index contributed by atoms with van der Waals surface area (Å²) in [6.45, 7) is 6.70.